The minimum Gasteiger partial charge on any atom is -0.396 e. The van der Waals surface area contributed by atoms with E-state index in [9.17, 15) is 9.18 Å². The highest BCUT2D eigenvalue weighted by Crippen LogP contribution is 2.27. The molecule has 2 aromatic rings. The number of nitrogens with zero attached hydrogens (tertiary/aromatic N) is 1. The fourth-order valence-electron chi connectivity index (χ4n) is 2.09. The van der Waals surface area contributed by atoms with E-state index in [2.05, 4.69) is 0 Å². The van der Waals surface area contributed by atoms with Crippen LogP contribution in [0.2, 0.25) is 0 Å². The van der Waals surface area contributed by atoms with Crippen molar-refractivity contribution in [3.8, 4) is 0 Å². The molecule has 0 unspecified atom stereocenters. The molecular weight excluding hydrogens is 277 g/mol. The zero-order chi connectivity index (χ0) is 14.7. The van der Waals surface area contributed by atoms with Gasteiger partial charge in [0.15, 0.2) is 0 Å². The first-order chi connectivity index (χ1) is 9.52. The molecule has 20 heavy (non-hydrogen) atoms. The van der Waals surface area contributed by atoms with E-state index in [1.807, 2.05) is 13.8 Å². The van der Waals surface area contributed by atoms with Gasteiger partial charge in [-0.05, 0) is 43.9 Å². The molecule has 0 aliphatic rings. The molecule has 1 aromatic heterocycles. The summed E-state index contributed by atoms with van der Waals surface area (Å²) in [6.45, 7) is 4.48. The Morgan fingerprint density at radius 2 is 2.15 bits per heavy atom. The van der Waals surface area contributed by atoms with Crippen LogP contribution in [0.1, 0.15) is 29.9 Å². The maximum absolute atomic E-state index is 13.2. The third-order valence-corrected chi connectivity index (χ3v) is 4.22. The molecule has 3 nitrogen and oxygen atoms in total. The van der Waals surface area contributed by atoms with Crippen LogP contribution < -0.4 is 0 Å². The molecular formula is C15H18FNO2S. The second-order valence-corrected chi connectivity index (χ2v) is 6.05. The molecule has 0 bridgehead atoms. The van der Waals surface area contributed by atoms with Gasteiger partial charge in [-0.1, -0.05) is 6.07 Å². The number of hydrogen-bond acceptors (Lipinski definition) is 3. The number of aliphatic hydroxyl groups excluding tert-OH is 1. The van der Waals surface area contributed by atoms with E-state index in [0.29, 0.717) is 17.8 Å². The standard InChI is InChI=1S/C15H18FNO2S/c1-10(2)17(6-3-7-18)15(19)14-8-11-4-5-12(16)9-13(11)20-14/h4-5,8-10,18H,3,6-7H2,1-2H3. The number of carbonyl (C=O) groups is 1. The fourth-order valence-corrected chi connectivity index (χ4v) is 3.13. The number of rotatable bonds is 5. The monoisotopic (exact) mass is 295 g/mol. The van der Waals surface area contributed by atoms with Gasteiger partial charge in [0.2, 0.25) is 0 Å². The number of carbonyl (C=O) groups excluding carboxylic acids is 1. The van der Waals surface area contributed by atoms with Gasteiger partial charge in [-0.3, -0.25) is 4.79 Å². The third kappa shape index (κ3) is 3.16. The van der Waals surface area contributed by atoms with Gasteiger partial charge in [0.25, 0.3) is 5.91 Å². The van der Waals surface area contributed by atoms with Crippen LogP contribution in [0.5, 0.6) is 0 Å². The van der Waals surface area contributed by atoms with E-state index in [1.54, 1.807) is 17.0 Å². The van der Waals surface area contributed by atoms with Gasteiger partial charge < -0.3 is 10.0 Å². The lowest BCUT2D eigenvalue weighted by Gasteiger charge is -2.25. The molecule has 0 aliphatic heterocycles. The molecule has 0 aliphatic carbocycles. The lowest BCUT2D eigenvalue weighted by atomic mass is 10.2. The number of aliphatic hydroxyl groups is 1. The molecule has 1 aromatic carbocycles. The Hall–Kier alpha value is -1.46. The number of thiophene rings is 1. The van der Waals surface area contributed by atoms with E-state index in [0.717, 1.165) is 10.1 Å². The topological polar surface area (TPSA) is 40.5 Å². The van der Waals surface area contributed by atoms with Crippen molar-refractivity contribution in [2.75, 3.05) is 13.2 Å². The average molecular weight is 295 g/mol. The van der Waals surface area contributed by atoms with Gasteiger partial charge >= 0.3 is 0 Å². The summed E-state index contributed by atoms with van der Waals surface area (Å²) in [5.41, 5.74) is 0. The normalized spacial score (nSPS) is 11.2. The summed E-state index contributed by atoms with van der Waals surface area (Å²) in [5.74, 6) is -0.352. The number of fused-ring (bicyclic) bond motifs is 1. The highest BCUT2D eigenvalue weighted by molar-refractivity contribution is 7.20. The van der Waals surface area contributed by atoms with Gasteiger partial charge in [-0.15, -0.1) is 11.3 Å². The molecule has 0 fully saturated rings. The molecule has 108 valence electrons. The second-order valence-electron chi connectivity index (χ2n) is 4.96. The molecule has 1 heterocycles. The van der Waals surface area contributed by atoms with Crippen molar-refractivity contribution in [3.63, 3.8) is 0 Å². The summed E-state index contributed by atoms with van der Waals surface area (Å²) in [4.78, 5) is 14.8. The largest absolute Gasteiger partial charge is 0.396 e. The Morgan fingerprint density at radius 3 is 2.80 bits per heavy atom. The van der Waals surface area contributed by atoms with Crippen molar-refractivity contribution in [2.24, 2.45) is 0 Å². The van der Waals surface area contributed by atoms with Crippen LogP contribution in [0.25, 0.3) is 10.1 Å². The van der Waals surface area contributed by atoms with Crippen LogP contribution in [0, 0.1) is 5.82 Å². The zero-order valence-corrected chi connectivity index (χ0v) is 12.4. The molecule has 0 saturated heterocycles. The van der Waals surface area contributed by atoms with E-state index in [1.165, 1.54) is 23.5 Å². The van der Waals surface area contributed by atoms with Crippen molar-refractivity contribution >= 4 is 27.3 Å². The van der Waals surface area contributed by atoms with E-state index >= 15 is 0 Å². The van der Waals surface area contributed by atoms with Crippen molar-refractivity contribution in [2.45, 2.75) is 26.3 Å². The first kappa shape index (κ1) is 14.9. The van der Waals surface area contributed by atoms with Gasteiger partial charge in [-0.2, -0.15) is 0 Å². The average Bonchev–Trinajstić information content (AvgIpc) is 2.81. The predicted octanol–water partition coefficient (Wildman–Crippen LogP) is 3.27. The van der Waals surface area contributed by atoms with Crippen LogP contribution in [0.4, 0.5) is 4.39 Å². The molecule has 2 rings (SSSR count). The highest BCUT2D eigenvalue weighted by Gasteiger charge is 2.20. The Labute approximate surface area is 121 Å². The predicted molar refractivity (Wildman–Crippen MR) is 79.7 cm³/mol. The maximum Gasteiger partial charge on any atom is 0.264 e. The molecule has 1 N–H and O–H groups in total. The summed E-state index contributed by atoms with van der Waals surface area (Å²) in [7, 11) is 0. The van der Waals surface area contributed by atoms with Crippen molar-refractivity contribution < 1.29 is 14.3 Å². The van der Waals surface area contributed by atoms with Crippen LogP contribution in [0.3, 0.4) is 0 Å². The lowest BCUT2D eigenvalue weighted by Crippen LogP contribution is -2.37. The van der Waals surface area contributed by atoms with Gasteiger partial charge in [0.1, 0.15) is 5.82 Å². The smallest absolute Gasteiger partial charge is 0.264 e. The number of benzene rings is 1. The molecule has 5 heteroatoms. The summed E-state index contributed by atoms with van der Waals surface area (Å²) in [5, 5.41) is 9.80. The van der Waals surface area contributed by atoms with Crippen LogP contribution >= 0.6 is 11.3 Å². The first-order valence-electron chi connectivity index (χ1n) is 6.64. The molecule has 0 atom stereocenters. The Morgan fingerprint density at radius 1 is 1.40 bits per heavy atom. The van der Waals surface area contributed by atoms with E-state index < -0.39 is 0 Å². The minimum absolute atomic E-state index is 0.0601. The number of amides is 1. The molecule has 0 spiro atoms. The van der Waals surface area contributed by atoms with Crippen molar-refractivity contribution in [3.05, 3.63) is 35.0 Å². The van der Waals surface area contributed by atoms with Gasteiger partial charge in [-0.25, -0.2) is 4.39 Å². The van der Waals surface area contributed by atoms with Crippen LogP contribution in [-0.2, 0) is 0 Å². The fraction of sp³-hybridized carbons (Fsp3) is 0.400. The van der Waals surface area contributed by atoms with Crippen LogP contribution in [0.15, 0.2) is 24.3 Å². The maximum atomic E-state index is 13.2. The van der Waals surface area contributed by atoms with Gasteiger partial charge in [0.05, 0.1) is 4.88 Å². The van der Waals surface area contributed by atoms with Crippen LogP contribution in [-0.4, -0.2) is 35.1 Å². The van der Waals surface area contributed by atoms with E-state index in [4.69, 9.17) is 5.11 Å². The Balaban J connectivity index is 2.28. The highest BCUT2D eigenvalue weighted by atomic mass is 32.1. The van der Waals surface area contributed by atoms with Crippen molar-refractivity contribution in [1.82, 2.24) is 4.90 Å². The zero-order valence-electron chi connectivity index (χ0n) is 11.6. The Kier molecular flexibility index (Phi) is 4.73. The second kappa shape index (κ2) is 6.33. The van der Waals surface area contributed by atoms with Gasteiger partial charge in [0, 0.05) is 23.9 Å². The molecule has 1 amide bonds. The lowest BCUT2D eigenvalue weighted by molar-refractivity contribution is 0.0698. The summed E-state index contributed by atoms with van der Waals surface area (Å²) < 4.78 is 14.0. The number of hydrogen-bond donors (Lipinski definition) is 1. The molecule has 0 radical (unpaired) electrons. The minimum atomic E-state index is -0.292. The first-order valence-corrected chi connectivity index (χ1v) is 7.45. The summed E-state index contributed by atoms with van der Waals surface area (Å²) in [6.07, 6.45) is 0.559. The Bertz CT molecular complexity index is 609. The van der Waals surface area contributed by atoms with Crippen molar-refractivity contribution in [1.29, 1.82) is 0 Å². The van der Waals surface area contributed by atoms with E-state index in [-0.39, 0.29) is 24.4 Å². The molecule has 0 saturated carbocycles. The SMILES string of the molecule is CC(C)N(CCCO)C(=O)c1cc2ccc(F)cc2s1. The summed E-state index contributed by atoms with van der Waals surface area (Å²) >= 11 is 1.31. The quantitative estimate of drug-likeness (QED) is 0.919. The third-order valence-electron chi connectivity index (χ3n) is 3.13. The number of halogens is 1. The summed E-state index contributed by atoms with van der Waals surface area (Å²) in [6, 6.07) is 6.40.